The van der Waals surface area contributed by atoms with Crippen molar-refractivity contribution in [2.45, 2.75) is 32.8 Å². The molecule has 4 unspecified atom stereocenters. The number of fused-ring (bicyclic) bond motifs is 2. The van der Waals surface area contributed by atoms with E-state index >= 15 is 0 Å². The summed E-state index contributed by atoms with van der Waals surface area (Å²) in [6.45, 7) is 5.57. The van der Waals surface area contributed by atoms with Gasteiger partial charge in [0.1, 0.15) is 5.60 Å². The van der Waals surface area contributed by atoms with Crippen molar-refractivity contribution < 1.29 is 9.53 Å². The average molecular weight is 219 g/mol. The molecule has 0 aromatic carbocycles. The normalized spacial score (nSPS) is 36.1. The van der Waals surface area contributed by atoms with Gasteiger partial charge < -0.3 is 4.74 Å². The maximum absolute atomic E-state index is 12.0. The van der Waals surface area contributed by atoms with Gasteiger partial charge in [0.05, 0.1) is 17.9 Å². The Labute approximate surface area is 96.1 Å². The summed E-state index contributed by atoms with van der Waals surface area (Å²) in [7, 11) is 0. The Bertz CT molecular complexity index is 372. The number of allylic oxidation sites excluding steroid dienone is 2. The molecule has 1 saturated carbocycles. The zero-order valence-electron chi connectivity index (χ0n) is 9.93. The fourth-order valence-electron chi connectivity index (χ4n) is 2.69. The van der Waals surface area contributed by atoms with E-state index in [0.717, 1.165) is 6.42 Å². The predicted molar refractivity (Wildman–Crippen MR) is 59.2 cm³/mol. The second-order valence-electron chi connectivity index (χ2n) is 5.66. The minimum absolute atomic E-state index is 0.190. The highest BCUT2D eigenvalue weighted by molar-refractivity contribution is 5.75. The third kappa shape index (κ3) is 1.84. The number of carbonyl (C=O) groups is 1. The van der Waals surface area contributed by atoms with Gasteiger partial charge >= 0.3 is 5.97 Å². The van der Waals surface area contributed by atoms with Gasteiger partial charge in [0, 0.05) is 0 Å². The molecule has 0 aromatic heterocycles. The van der Waals surface area contributed by atoms with Crippen LogP contribution >= 0.6 is 0 Å². The monoisotopic (exact) mass is 219 g/mol. The molecule has 0 radical (unpaired) electrons. The molecule has 0 aromatic rings. The van der Waals surface area contributed by atoms with Gasteiger partial charge in [-0.1, -0.05) is 12.2 Å². The van der Waals surface area contributed by atoms with E-state index in [1.54, 1.807) is 0 Å². The van der Waals surface area contributed by atoms with E-state index in [0.29, 0.717) is 0 Å². The third-order valence-corrected chi connectivity index (χ3v) is 3.29. The van der Waals surface area contributed by atoms with E-state index in [-0.39, 0.29) is 29.6 Å². The first-order chi connectivity index (χ1) is 7.42. The van der Waals surface area contributed by atoms with Crippen molar-refractivity contribution >= 4 is 5.97 Å². The molecule has 0 saturated heterocycles. The highest BCUT2D eigenvalue weighted by Gasteiger charge is 2.49. The Morgan fingerprint density at radius 2 is 2.00 bits per heavy atom. The molecule has 0 heterocycles. The largest absolute Gasteiger partial charge is 0.460 e. The van der Waals surface area contributed by atoms with E-state index in [9.17, 15) is 4.79 Å². The fraction of sp³-hybridized carbons (Fsp3) is 0.692. The van der Waals surface area contributed by atoms with Crippen molar-refractivity contribution in [3.05, 3.63) is 12.2 Å². The number of rotatable bonds is 1. The van der Waals surface area contributed by atoms with E-state index in [1.165, 1.54) is 0 Å². The van der Waals surface area contributed by atoms with E-state index in [1.807, 2.05) is 20.8 Å². The number of ether oxygens (including phenoxy) is 1. The summed E-state index contributed by atoms with van der Waals surface area (Å²) in [5.74, 6) is -0.183. The number of nitrogens with zero attached hydrogens (tertiary/aromatic N) is 1. The smallest absolute Gasteiger partial charge is 0.311 e. The standard InChI is InChI=1S/C13H17NO2/c1-13(2,3)16-12(15)11-9-5-4-8(6-9)10(11)7-14/h4-5,8-11H,6H2,1-3H3. The van der Waals surface area contributed by atoms with Crippen LogP contribution in [0.15, 0.2) is 12.2 Å². The molecule has 2 bridgehead atoms. The molecule has 1 fully saturated rings. The third-order valence-electron chi connectivity index (χ3n) is 3.29. The molecule has 3 heteroatoms. The molecule has 0 spiro atoms. The Morgan fingerprint density at radius 3 is 2.56 bits per heavy atom. The topological polar surface area (TPSA) is 50.1 Å². The van der Waals surface area contributed by atoms with Gasteiger partial charge in [-0.15, -0.1) is 0 Å². The first kappa shape index (κ1) is 11.2. The van der Waals surface area contributed by atoms with Crippen LogP contribution in [-0.2, 0) is 9.53 Å². The van der Waals surface area contributed by atoms with E-state index < -0.39 is 5.60 Å². The van der Waals surface area contributed by atoms with Gasteiger partial charge in [-0.2, -0.15) is 5.26 Å². The summed E-state index contributed by atoms with van der Waals surface area (Å²) in [4.78, 5) is 12.0. The predicted octanol–water partition coefficient (Wildman–Crippen LogP) is 2.29. The zero-order chi connectivity index (χ0) is 11.9. The summed E-state index contributed by atoms with van der Waals surface area (Å²) in [6, 6.07) is 2.26. The Kier molecular flexibility index (Phi) is 2.53. The quantitative estimate of drug-likeness (QED) is 0.502. The highest BCUT2D eigenvalue weighted by atomic mass is 16.6. The van der Waals surface area contributed by atoms with E-state index in [2.05, 4.69) is 18.2 Å². The lowest BCUT2D eigenvalue weighted by atomic mass is 9.84. The van der Waals surface area contributed by atoms with Gasteiger partial charge in [-0.3, -0.25) is 4.79 Å². The SMILES string of the molecule is CC(C)(C)OC(=O)C1C2C=CC(C2)C1C#N. The van der Waals surface area contributed by atoms with Gasteiger partial charge in [-0.05, 0) is 39.0 Å². The van der Waals surface area contributed by atoms with Gasteiger partial charge in [0.2, 0.25) is 0 Å². The van der Waals surface area contributed by atoms with Crippen LogP contribution in [0.4, 0.5) is 0 Å². The van der Waals surface area contributed by atoms with Crippen molar-refractivity contribution in [3.63, 3.8) is 0 Å². The lowest BCUT2D eigenvalue weighted by Crippen LogP contribution is -2.34. The Morgan fingerprint density at radius 1 is 1.38 bits per heavy atom. The number of carbonyl (C=O) groups excluding carboxylic acids is 1. The molecule has 4 atom stereocenters. The van der Waals surface area contributed by atoms with Crippen LogP contribution in [0.2, 0.25) is 0 Å². The minimum Gasteiger partial charge on any atom is -0.460 e. The van der Waals surface area contributed by atoms with Crippen LogP contribution in [0.3, 0.4) is 0 Å². The van der Waals surface area contributed by atoms with Crippen LogP contribution < -0.4 is 0 Å². The fourth-order valence-corrected chi connectivity index (χ4v) is 2.69. The van der Waals surface area contributed by atoms with Crippen LogP contribution in [0.25, 0.3) is 0 Å². The molecule has 0 N–H and O–H groups in total. The minimum atomic E-state index is -0.470. The molecule has 0 amide bonds. The van der Waals surface area contributed by atoms with Crippen LogP contribution in [0.1, 0.15) is 27.2 Å². The first-order valence-corrected chi connectivity index (χ1v) is 5.73. The Balaban J connectivity index is 2.13. The lowest BCUT2D eigenvalue weighted by Gasteiger charge is -2.26. The summed E-state index contributed by atoms with van der Waals surface area (Å²) in [5.41, 5.74) is -0.470. The van der Waals surface area contributed by atoms with Crippen molar-refractivity contribution in [2.75, 3.05) is 0 Å². The summed E-state index contributed by atoms with van der Waals surface area (Å²) in [5, 5.41) is 9.11. The van der Waals surface area contributed by atoms with Gasteiger partial charge in [0.25, 0.3) is 0 Å². The van der Waals surface area contributed by atoms with Crippen LogP contribution in [-0.4, -0.2) is 11.6 Å². The van der Waals surface area contributed by atoms with Gasteiger partial charge in [0.15, 0.2) is 0 Å². The van der Waals surface area contributed by atoms with Crippen molar-refractivity contribution in [1.82, 2.24) is 0 Å². The van der Waals surface area contributed by atoms with Crippen molar-refractivity contribution in [3.8, 4) is 6.07 Å². The number of esters is 1. The van der Waals surface area contributed by atoms with Crippen molar-refractivity contribution in [2.24, 2.45) is 23.7 Å². The molecular formula is C13H17NO2. The molecule has 16 heavy (non-hydrogen) atoms. The van der Waals surface area contributed by atoms with E-state index in [4.69, 9.17) is 10.00 Å². The van der Waals surface area contributed by atoms with Gasteiger partial charge in [-0.25, -0.2) is 0 Å². The average Bonchev–Trinajstić information content (AvgIpc) is 2.72. The maximum atomic E-state index is 12.0. The number of nitriles is 1. The Hall–Kier alpha value is -1.30. The summed E-state index contributed by atoms with van der Waals surface area (Å²) < 4.78 is 5.38. The molecule has 0 aliphatic heterocycles. The molecule has 2 aliphatic rings. The van der Waals surface area contributed by atoms with Crippen LogP contribution in [0.5, 0.6) is 0 Å². The number of hydrogen-bond acceptors (Lipinski definition) is 3. The molecule has 86 valence electrons. The summed E-state index contributed by atoms with van der Waals surface area (Å²) in [6.07, 6.45) is 5.06. The highest BCUT2D eigenvalue weighted by Crippen LogP contribution is 2.48. The second-order valence-corrected chi connectivity index (χ2v) is 5.66. The number of hydrogen-bond donors (Lipinski definition) is 0. The molecule has 2 rings (SSSR count). The molecule has 3 nitrogen and oxygen atoms in total. The zero-order valence-corrected chi connectivity index (χ0v) is 9.93. The van der Waals surface area contributed by atoms with Crippen molar-refractivity contribution in [1.29, 1.82) is 5.26 Å². The second kappa shape index (κ2) is 3.62. The summed E-state index contributed by atoms with van der Waals surface area (Å²) >= 11 is 0. The molecular weight excluding hydrogens is 202 g/mol. The first-order valence-electron chi connectivity index (χ1n) is 5.73. The van der Waals surface area contributed by atoms with Crippen LogP contribution in [0, 0.1) is 35.0 Å². The maximum Gasteiger partial charge on any atom is 0.311 e. The molecule has 2 aliphatic carbocycles. The lowest BCUT2D eigenvalue weighted by molar-refractivity contribution is -0.161.